The van der Waals surface area contributed by atoms with Crippen LogP contribution in [0.4, 0.5) is 10.1 Å². The molecular weight excluding hydrogens is 383 g/mol. The first-order valence-electron chi connectivity index (χ1n) is 8.01. The van der Waals surface area contributed by atoms with E-state index in [-0.39, 0.29) is 46.9 Å². The van der Waals surface area contributed by atoms with E-state index in [9.17, 15) is 22.4 Å². The number of thioether (sulfide) groups is 1. The normalized spacial score (nSPS) is 25.4. The van der Waals surface area contributed by atoms with Gasteiger partial charge in [0, 0.05) is 18.1 Å². The Bertz CT molecular complexity index is 871. The zero-order valence-corrected chi connectivity index (χ0v) is 15.3. The Labute approximate surface area is 154 Å². The summed E-state index contributed by atoms with van der Waals surface area (Å²) in [5, 5.41) is 8.58. The highest BCUT2D eigenvalue weighted by Crippen LogP contribution is 2.41. The number of carboxylic acid groups (broad SMARTS) is 1. The summed E-state index contributed by atoms with van der Waals surface area (Å²) in [7, 11) is -3.23. The second-order valence-electron chi connectivity index (χ2n) is 6.16. The number of hydrogen-bond acceptors (Lipinski definition) is 5. The number of rotatable bonds is 5. The minimum Gasteiger partial charge on any atom is -0.481 e. The Morgan fingerprint density at radius 1 is 1.27 bits per heavy atom. The van der Waals surface area contributed by atoms with Crippen LogP contribution in [0.1, 0.15) is 19.3 Å². The van der Waals surface area contributed by atoms with Gasteiger partial charge in [-0.15, -0.1) is 0 Å². The van der Waals surface area contributed by atoms with Crippen LogP contribution in [0, 0.1) is 5.82 Å². The van der Waals surface area contributed by atoms with E-state index in [1.165, 1.54) is 23.1 Å². The van der Waals surface area contributed by atoms with Crippen molar-refractivity contribution in [3.8, 4) is 0 Å². The quantitative estimate of drug-likeness (QED) is 0.802. The van der Waals surface area contributed by atoms with Crippen molar-refractivity contribution in [2.45, 2.75) is 30.6 Å². The molecule has 1 aromatic carbocycles. The summed E-state index contributed by atoms with van der Waals surface area (Å²) in [5.74, 6) is -2.18. The molecule has 2 aliphatic rings. The number of carboxylic acids is 1. The third kappa shape index (κ3) is 4.07. The van der Waals surface area contributed by atoms with Crippen molar-refractivity contribution < 1.29 is 27.5 Å². The van der Waals surface area contributed by atoms with Gasteiger partial charge in [-0.05, 0) is 18.6 Å². The fourth-order valence-electron chi connectivity index (χ4n) is 3.05. The number of benzene rings is 1. The highest BCUT2D eigenvalue weighted by molar-refractivity contribution is 8.16. The number of aliphatic imine (C=N–C) groups is 1. The van der Waals surface area contributed by atoms with Gasteiger partial charge in [0.25, 0.3) is 0 Å². The second kappa shape index (κ2) is 7.36. The Morgan fingerprint density at radius 3 is 2.69 bits per heavy atom. The summed E-state index contributed by atoms with van der Waals surface area (Å²) < 4.78 is 38.2. The van der Waals surface area contributed by atoms with Crippen molar-refractivity contribution in [2.75, 3.05) is 16.4 Å². The number of nitrogens with zero attached hydrogens (tertiary/aromatic N) is 2. The average molecular weight is 400 g/mol. The standard InChI is InChI=1S/C16H17FN2O5S2/c17-10-4-1-2-5-11(10)19-12-8-26(23,24)9-13(12)25-16(19)18-14(20)6-3-7-15(21)22/h1-2,4-5,12-13H,3,6-9H2,(H,21,22). The van der Waals surface area contributed by atoms with Gasteiger partial charge in [-0.2, -0.15) is 4.99 Å². The predicted molar refractivity (Wildman–Crippen MR) is 96.6 cm³/mol. The molecule has 140 valence electrons. The molecule has 3 rings (SSSR count). The van der Waals surface area contributed by atoms with Crippen molar-refractivity contribution in [3.05, 3.63) is 30.1 Å². The number of carbonyl (C=O) groups excluding carboxylic acids is 1. The second-order valence-corrected chi connectivity index (χ2v) is 9.52. The molecule has 2 atom stereocenters. The summed E-state index contributed by atoms with van der Waals surface area (Å²) in [4.78, 5) is 28.1. The van der Waals surface area contributed by atoms with Crippen molar-refractivity contribution in [3.63, 3.8) is 0 Å². The first-order valence-corrected chi connectivity index (χ1v) is 10.7. The molecule has 10 heteroatoms. The van der Waals surface area contributed by atoms with E-state index >= 15 is 0 Å². The Kier molecular flexibility index (Phi) is 5.33. The molecule has 2 fully saturated rings. The number of anilines is 1. The lowest BCUT2D eigenvalue weighted by molar-refractivity contribution is -0.137. The maximum atomic E-state index is 14.3. The summed E-state index contributed by atoms with van der Waals surface area (Å²) in [6.45, 7) is 0. The molecule has 0 radical (unpaired) electrons. The molecule has 1 N–H and O–H groups in total. The van der Waals surface area contributed by atoms with Crippen molar-refractivity contribution in [2.24, 2.45) is 4.99 Å². The number of hydrogen-bond donors (Lipinski definition) is 1. The first-order chi connectivity index (χ1) is 12.3. The molecule has 2 unspecified atom stereocenters. The monoisotopic (exact) mass is 400 g/mol. The van der Waals surface area contributed by atoms with Gasteiger partial charge in [-0.25, -0.2) is 12.8 Å². The smallest absolute Gasteiger partial charge is 0.303 e. The van der Waals surface area contributed by atoms with E-state index in [4.69, 9.17) is 5.11 Å². The molecule has 0 spiro atoms. The van der Waals surface area contributed by atoms with Gasteiger partial charge in [-0.1, -0.05) is 23.9 Å². The van der Waals surface area contributed by atoms with Crippen LogP contribution in [0.25, 0.3) is 0 Å². The molecule has 0 aromatic heterocycles. The molecule has 2 aliphatic heterocycles. The molecule has 1 aromatic rings. The zero-order chi connectivity index (χ0) is 18.9. The summed E-state index contributed by atoms with van der Waals surface area (Å²) in [6, 6.07) is 5.47. The van der Waals surface area contributed by atoms with Crippen LogP contribution in [0.2, 0.25) is 0 Å². The van der Waals surface area contributed by atoms with Crippen LogP contribution in [0.15, 0.2) is 29.3 Å². The fourth-order valence-corrected chi connectivity index (χ4v) is 6.97. The van der Waals surface area contributed by atoms with Crippen molar-refractivity contribution in [1.82, 2.24) is 0 Å². The lowest BCUT2D eigenvalue weighted by atomic mass is 10.2. The largest absolute Gasteiger partial charge is 0.481 e. The maximum Gasteiger partial charge on any atom is 0.303 e. The van der Waals surface area contributed by atoms with E-state index in [1.54, 1.807) is 6.07 Å². The number of fused-ring (bicyclic) bond motifs is 1. The van der Waals surface area contributed by atoms with Crippen LogP contribution >= 0.6 is 11.8 Å². The molecule has 0 saturated carbocycles. The number of para-hydroxylation sites is 1. The molecule has 7 nitrogen and oxygen atoms in total. The van der Waals surface area contributed by atoms with E-state index in [0.717, 1.165) is 11.8 Å². The Hall–Kier alpha value is -1.94. The third-order valence-corrected chi connectivity index (χ3v) is 7.39. The van der Waals surface area contributed by atoms with Gasteiger partial charge in [0.2, 0.25) is 5.91 Å². The lowest BCUT2D eigenvalue weighted by Gasteiger charge is -2.24. The predicted octanol–water partition coefficient (Wildman–Crippen LogP) is 1.68. The topological polar surface area (TPSA) is 104 Å². The van der Waals surface area contributed by atoms with Crippen LogP contribution in [0.3, 0.4) is 0 Å². The Morgan fingerprint density at radius 2 is 2.00 bits per heavy atom. The van der Waals surface area contributed by atoms with Gasteiger partial charge in [-0.3, -0.25) is 9.59 Å². The molecular formula is C16H17FN2O5S2. The number of amides is 1. The van der Waals surface area contributed by atoms with Gasteiger partial charge < -0.3 is 10.0 Å². The SMILES string of the molecule is O=C(O)CCCC(=O)N=C1SC2CS(=O)(=O)CC2N1c1ccccc1F. The van der Waals surface area contributed by atoms with Crippen LogP contribution in [-0.4, -0.2) is 53.4 Å². The Balaban J connectivity index is 1.87. The van der Waals surface area contributed by atoms with Crippen molar-refractivity contribution in [1.29, 1.82) is 0 Å². The van der Waals surface area contributed by atoms with Crippen molar-refractivity contribution >= 4 is 44.3 Å². The summed E-state index contributed by atoms with van der Waals surface area (Å²) in [5.41, 5.74) is 0.182. The maximum absolute atomic E-state index is 14.3. The van der Waals surface area contributed by atoms with Gasteiger partial charge in [0.15, 0.2) is 15.0 Å². The number of aliphatic carboxylic acids is 1. The van der Waals surface area contributed by atoms with E-state index in [0.29, 0.717) is 0 Å². The fraction of sp³-hybridized carbons (Fsp3) is 0.438. The number of sulfone groups is 1. The first kappa shape index (κ1) is 18.8. The summed E-state index contributed by atoms with van der Waals surface area (Å²) >= 11 is 1.16. The molecule has 0 aliphatic carbocycles. The highest BCUT2D eigenvalue weighted by Gasteiger charge is 2.49. The number of carbonyl (C=O) groups is 2. The summed E-state index contributed by atoms with van der Waals surface area (Å²) in [6.07, 6.45) is -0.00406. The average Bonchev–Trinajstić information content (AvgIpc) is 2.98. The zero-order valence-electron chi connectivity index (χ0n) is 13.7. The van der Waals surface area contributed by atoms with Gasteiger partial charge >= 0.3 is 5.97 Å². The van der Waals surface area contributed by atoms with Gasteiger partial charge in [0.1, 0.15) is 5.82 Å². The van der Waals surface area contributed by atoms with E-state index in [2.05, 4.69) is 4.99 Å². The molecule has 2 saturated heterocycles. The minimum absolute atomic E-state index is 0.0326. The molecule has 0 bridgehead atoms. The van der Waals surface area contributed by atoms with E-state index < -0.39 is 33.6 Å². The highest BCUT2D eigenvalue weighted by atomic mass is 32.2. The van der Waals surface area contributed by atoms with E-state index in [1.807, 2.05) is 0 Å². The third-order valence-electron chi connectivity index (χ3n) is 4.18. The van der Waals surface area contributed by atoms with Crippen LogP contribution < -0.4 is 4.90 Å². The lowest BCUT2D eigenvalue weighted by Crippen LogP contribution is -2.38. The number of halogens is 1. The van der Waals surface area contributed by atoms with Crippen LogP contribution in [0.5, 0.6) is 0 Å². The molecule has 2 heterocycles. The van der Waals surface area contributed by atoms with Crippen LogP contribution in [-0.2, 0) is 19.4 Å². The number of amidine groups is 1. The van der Waals surface area contributed by atoms with Gasteiger partial charge in [0.05, 0.1) is 23.2 Å². The molecule has 26 heavy (non-hydrogen) atoms. The minimum atomic E-state index is -3.23. The molecule has 1 amide bonds.